The highest BCUT2D eigenvalue weighted by molar-refractivity contribution is 7.12. The lowest BCUT2D eigenvalue weighted by Crippen LogP contribution is -2.31. The molecular weight excluding hydrogens is 374 g/mol. The lowest BCUT2D eigenvalue weighted by molar-refractivity contribution is -0.135. The normalized spacial score (nSPS) is 16.4. The van der Waals surface area contributed by atoms with Crippen molar-refractivity contribution in [1.82, 2.24) is 5.01 Å². The van der Waals surface area contributed by atoms with Crippen LogP contribution in [0, 0.1) is 11.6 Å². The molecule has 2 aromatic heterocycles. The van der Waals surface area contributed by atoms with Gasteiger partial charge in [-0.05, 0) is 35.7 Å². The van der Waals surface area contributed by atoms with Crippen LogP contribution in [0.2, 0.25) is 0 Å². The summed E-state index contributed by atoms with van der Waals surface area (Å²) in [5.41, 5.74) is 0.771. The Labute approximate surface area is 157 Å². The molecule has 0 saturated heterocycles. The van der Waals surface area contributed by atoms with Crippen LogP contribution in [-0.2, 0) is 4.79 Å². The van der Waals surface area contributed by atoms with Gasteiger partial charge in [-0.25, -0.2) is 13.8 Å². The van der Waals surface area contributed by atoms with Gasteiger partial charge in [-0.1, -0.05) is 6.07 Å². The van der Waals surface area contributed by atoms with Gasteiger partial charge < -0.3 is 9.15 Å². The fraction of sp³-hybridized carbons (Fsp3) is 0.158. The number of halogens is 2. The number of hydrogen-bond donors (Lipinski definition) is 0. The Hall–Kier alpha value is -3.00. The van der Waals surface area contributed by atoms with Crippen LogP contribution in [0.15, 0.2) is 63.6 Å². The van der Waals surface area contributed by atoms with Gasteiger partial charge in [-0.2, -0.15) is 5.10 Å². The topological polar surface area (TPSA) is 55.0 Å². The molecule has 0 N–H and O–H groups in total. The minimum atomic E-state index is -0.866. The molecule has 1 amide bonds. The zero-order valence-electron chi connectivity index (χ0n) is 14.0. The number of rotatable bonds is 5. The number of amides is 1. The number of hydrogen-bond acceptors (Lipinski definition) is 5. The van der Waals surface area contributed by atoms with Crippen molar-refractivity contribution in [3.05, 3.63) is 76.4 Å². The van der Waals surface area contributed by atoms with E-state index in [4.69, 9.17) is 9.15 Å². The summed E-state index contributed by atoms with van der Waals surface area (Å²) in [5, 5.41) is 7.67. The fourth-order valence-corrected chi connectivity index (χ4v) is 3.55. The molecular formula is C19H14F2N2O3S. The number of carbonyl (C=O) groups is 1. The first kappa shape index (κ1) is 17.4. The molecule has 3 heterocycles. The monoisotopic (exact) mass is 388 g/mol. The van der Waals surface area contributed by atoms with E-state index in [0.29, 0.717) is 18.2 Å². The Morgan fingerprint density at radius 3 is 2.89 bits per heavy atom. The van der Waals surface area contributed by atoms with E-state index in [9.17, 15) is 13.6 Å². The van der Waals surface area contributed by atoms with E-state index in [1.807, 2.05) is 17.5 Å². The third kappa shape index (κ3) is 3.61. The SMILES string of the molecule is O=C(COc1ccc(F)cc1F)N1N=C(c2cccs2)C[C@H]1c1ccco1. The molecule has 0 radical (unpaired) electrons. The lowest BCUT2D eigenvalue weighted by atomic mass is 10.1. The average Bonchev–Trinajstić information content (AvgIpc) is 3.40. The molecule has 1 aliphatic rings. The number of benzene rings is 1. The first-order valence-corrected chi connectivity index (χ1v) is 9.04. The van der Waals surface area contributed by atoms with Crippen molar-refractivity contribution in [3.63, 3.8) is 0 Å². The van der Waals surface area contributed by atoms with E-state index < -0.39 is 30.2 Å². The molecule has 1 aromatic carbocycles. The van der Waals surface area contributed by atoms with Crippen molar-refractivity contribution < 1.29 is 22.7 Å². The molecule has 0 unspecified atom stereocenters. The Morgan fingerprint density at radius 2 is 2.19 bits per heavy atom. The Bertz CT molecular complexity index is 971. The maximum atomic E-state index is 13.7. The molecule has 27 heavy (non-hydrogen) atoms. The molecule has 4 rings (SSSR count). The molecule has 5 nitrogen and oxygen atoms in total. The van der Waals surface area contributed by atoms with Gasteiger partial charge >= 0.3 is 0 Å². The standard InChI is InChI=1S/C19H14F2N2O3S/c20-12-5-6-16(13(21)9-12)26-11-19(24)23-15(17-3-1-7-25-17)10-14(22-23)18-4-2-8-27-18/h1-9,15H,10-11H2/t15-/m0/s1. The van der Waals surface area contributed by atoms with Crippen molar-refractivity contribution in [3.8, 4) is 5.75 Å². The van der Waals surface area contributed by atoms with Gasteiger partial charge in [0.2, 0.25) is 0 Å². The average molecular weight is 388 g/mol. The first-order chi connectivity index (χ1) is 13.1. The molecule has 0 saturated carbocycles. The highest BCUT2D eigenvalue weighted by atomic mass is 32.1. The van der Waals surface area contributed by atoms with E-state index >= 15 is 0 Å². The number of furan rings is 1. The minimum Gasteiger partial charge on any atom is -0.481 e. The summed E-state index contributed by atoms with van der Waals surface area (Å²) in [7, 11) is 0. The summed E-state index contributed by atoms with van der Waals surface area (Å²) < 4.78 is 37.4. The van der Waals surface area contributed by atoms with Crippen molar-refractivity contribution in [1.29, 1.82) is 0 Å². The Morgan fingerprint density at radius 1 is 1.30 bits per heavy atom. The number of carbonyl (C=O) groups excluding carboxylic acids is 1. The second kappa shape index (κ2) is 7.32. The fourth-order valence-electron chi connectivity index (χ4n) is 2.83. The third-order valence-electron chi connectivity index (χ3n) is 4.09. The third-order valence-corrected chi connectivity index (χ3v) is 5.01. The smallest absolute Gasteiger partial charge is 0.281 e. The van der Waals surface area contributed by atoms with Crippen LogP contribution in [-0.4, -0.2) is 23.2 Å². The van der Waals surface area contributed by atoms with Crippen molar-refractivity contribution in [2.75, 3.05) is 6.61 Å². The highest BCUT2D eigenvalue weighted by Gasteiger charge is 2.35. The molecule has 1 atom stereocenters. The van der Waals surface area contributed by atoms with Crippen molar-refractivity contribution in [2.24, 2.45) is 5.10 Å². The van der Waals surface area contributed by atoms with Gasteiger partial charge in [0.25, 0.3) is 5.91 Å². The van der Waals surface area contributed by atoms with Crippen LogP contribution in [0.1, 0.15) is 23.1 Å². The largest absolute Gasteiger partial charge is 0.481 e. The summed E-state index contributed by atoms with van der Waals surface area (Å²) in [6.07, 6.45) is 2.04. The van der Waals surface area contributed by atoms with E-state index in [0.717, 1.165) is 22.7 Å². The number of ether oxygens (including phenoxy) is 1. The molecule has 0 bridgehead atoms. The van der Waals surface area contributed by atoms with Crippen LogP contribution in [0.25, 0.3) is 0 Å². The summed E-state index contributed by atoms with van der Waals surface area (Å²) >= 11 is 1.53. The van der Waals surface area contributed by atoms with Gasteiger partial charge in [0, 0.05) is 12.5 Å². The molecule has 8 heteroatoms. The molecule has 138 valence electrons. The van der Waals surface area contributed by atoms with Crippen LogP contribution in [0.5, 0.6) is 5.75 Å². The summed E-state index contributed by atoms with van der Waals surface area (Å²) in [4.78, 5) is 13.6. The molecule has 0 spiro atoms. The summed E-state index contributed by atoms with van der Waals surface area (Å²) in [6.45, 7) is -0.430. The molecule has 3 aromatic rings. The number of nitrogens with zero attached hydrogens (tertiary/aromatic N) is 2. The Kier molecular flexibility index (Phi) is 4.72. The van der Waals surface area contributed by atoms with E-state index in [1.54, 1.807) is 12.1 Å². The molecule has 0 fully saturated rings. The second-order valence-electron chi connectivity index (χ2n) is 5.86. The molecule has 1 aliphatic heterocycles. The van der Waals surface area contributed by atoms with Crippen LogP contribution >= 0.6 is 11.3 Å². The van der Waals surface area contributed by atoms with Crippen LogP contribution in [0.3, 0.4) is 0 Å². The predicted octanol–water partition coefficient (Wildman–Crippen LogP) is 4.38. The summed E-state index contributed by atoms with van der Waals surface area (Å²) in [6, 6.07) is 9.88. The number of thiophene rings is 1. The predicted molar refractivity (Wildman–Crippen MR) is 95.6 cm³/mol. The molecule has 0 aliphatic carbocycles. The first-order valence-electron chi connectivity index (χ1n) is 8.16. The van der Waals surface area contributed by atoms with Crippen molar-refractivity contribution >= 4 is 23.0 Å². The van der Waals surface area contributed by atoms with Crippen molar-refractivity contribution in [2.45, 2.75) is 12.5 Å². The number of hydrazone groups is 1. The second-order valence-corrected chi connectivity index (χ2v) is 6.81. The van der Waals surface area contributed by atoms with Gasteiger partial charge in [-0.15, -0.1) is 11.3 Å². The zero-order chi connectivity index (χ0) is 18.8. The Balaban J connectivity index is 1.53. The lowest BCUT2D eigenvalue weighted by Gasteiger charge is -2.20. The zero-order valence-corrected chi connectivity index (χ0v) is 14.8. The van der Waals surface area contributed by atoms with Crippen LogP contribution < -0.4 is 4.74 Å². The van der Waals surface area contributed by atoms with Crippen LogP contribution in [0.4, 0.5) is 8.78 Å². The van der Waals surface area contributed by atoms with Gasteiger partial charge in [0.15, 0.2) is 18.2 Å². The quantitative estimate of drug-likeness (QED) is 0.652. The van der Waals surface area contributed by atoms with E-state index in [-0.39, 0.29) is 5.75 Å². The minimum absolute atomic E-state index is 0.194. The van der Waals surface area contributed by atoms with Gasteiger partial charge in [0.1, 0.15) is 17.6 Å². The maximum absolute atomic E-state index is 13.7. The van der Waals surface area contributed by atoms with Gasteiger partial charge in [0.05, 0.1) is 16.9 Å². The van der Waals surface area contributed by atoms with Gasteiger partial charge in [-0.3, -0.25) is 4.79 Å². The maximum Gasteiger partial charge on any atom is 0.281 e. The highest BCUT2D eigenvalue weighted by Crippen LogP contribution is 2.34. The van der Waals surface area contributed by atoms with E-state index in [1.165, 1.54) is 22.6 Å². The van der Waals surface area contributed by atoms with E-state index in [2.05, 4.69) is 5.10 Å². The summed E-state index contributed by atoms with van der Waals surface area (Å²) in [5.74, 6) is -1.62.